The molecule has 0 fully saturated rings. The summed E-state index contributed by atoms with van der Waals surface area (Å²) in [6.45, 7) is 7.31. The van der Waals surface area contributed by atoms with E-state index < -0.39 is 0 Å². The Morgan fingerprint density at radius 1 is 1.13 bits per heavy atom. The molecule has 1 unspecified atom stereocenters. The first-order valence-electron chi connectivity index (χ1n) is 8.36. The fourth-order valence-electron chi connectivity index (χ4n) is 2.96. The molecule has 2 aromatic rings. The third kappa shape index (κ3) is 3.36. The molecule has 0 aliphatic carbocycles. The number of aromatic nitrogens is 2. The molecule has 0 radical (unpaired) electrons. The maximum Gasteiger partial charge on any atom is 0.126 e. The predicted molar refractivity (Wildman–Crippen MR) is 97.3 cm³/mol. The normalized spacial score (nSPS) is 17.4. The van der Waals surface area contributed by atoms with Crippen molar-refractivity contribution in [2.75, 3.05) is 11.9 Å². The predicted octanol–water partition coefficient (Wildman–Crippen LogP) is 4.12. The highest BCUT2D eigenvalue weighted by molar-refractivity contribution is 5.88. The molecular formula is C19H24N4. The highest BCUT2D eigenvalue weighted by atomic mass is 15.0. The van der Waals surface area contributed by atoms with Crippen LogP contribution in [0, 0.1) is 0 Å². The zero-order chi connectivity index (χ0) is 16.2. The first kappa shape index (κ1) is 15.5. The van der Waals surface area contributed by atoms with Crippen molar-refractivity contribution in [3.8, 4) is 0 Å². The summed E-state index contributed by atoms with van der Waals surface area (Å²) in [5.41, 5.74) is 3.44. The van der Waals surface area contributed by atoms with Crippen LogP contribution in [0.3, 0.4) is 0 Å². The van der Waals surface area contributed by atoms with Gasteiger partial charge in [0.05, 0.1) is 5.69 Å². The number of nitrogens with one attached hydrogen (secondary N) is 2. The summed E-state index contributed by atoms with van der Waals surface area (Å²) >= 11 is 0. The Bertz CT molecular complexity index is 761. The number of rotatable bonds is 5. The van der Waals surface area contributed by atoms with E-state index >= 15 is 0 Å². The number of dihydropyridines is 1. The monoisotopic (exact) mass is 308 g/mol. The van der Waals surface area contributed by atoms with E-state index in [1.165, 1.54) is 12.0 Å². The first-order valence-corrected chi connectivity index (χ1v) is 8.36. The van der Waals surface area contributed by atoms with Crippen LogP contribution in [0.4, 0.5) is 5.82 Å². The second kappa shape index (κ2) is 6.82. The number of fused-ring (bicyclic) bond motifs is 1. The second-order valence-corrected chi connectivity index (χ2v) is 5.99. The van der Waals surface area contributed by atoms with Gasteiger partial charge in [0.25, 0.3) is 0 Å². The van der Waals surface area contributed by atoms with Gasteiger partial charge in [0.2, 0.25) is 0 Å². The Balaban J connectivity index is 1.89. The van der Waals surface area contributed by atoms with Gasteiger partial charge in [-0.1, -0.05) is 19.4 Å². The van der Waals surface area contributed by atoms with Crippen molar-refractivity contribution >= 4 is 22.2 Å². The molecule has 4 heteroatoms. The average molecular weight is 308 g/mol. The van der Waals surface area contributed by atoms with Crippen molar-refractivity contribution in [2.45, 2.75) is 39.7 Å². The van der Waals surface area contributed by atoms with Crippen molar-refractivity contribution in [2.24, 2.45) is 0 Å². The molecule has 0 amide bonds. The van der Waals surface area contributed by atoms with Crippen LogP contribution in [0.15, 0.2) is 42.4 Å². The van der Waals surface area contributed by atoms with E-state index in [1.807, 2.05) is 18.5 Å². The van der Waals surface area contributed by atoms with Gasteiger partial charge in [0.1, 0.15) is 5.82 Å². The molecule has 1 atom stereocenters. The molecule has 0 bridgehead atoms. The molecule has 4 nitrogen and oxygen atoms in total. The summed E-state index contributed by atoms with van der Waals surface area (Å²) in [6, 6.07) is 4.60. The topological polar surface area (TPSA) is 49.8 Å². The SMILES string of the molecule is CCCC1C=C(C)C(c2cc3cnc(NCC)cc3cn2)=CN1. The standard InChI is InChI=1S/C19H24N4/c1-4-6-16-7-13(3)17(12-21-16)18-8-14-11-23-19(20-5-2)9-15(14)10-22-18/h7-12,16,21H,4-6H2,1-3H3,(H,20,23). The molecule has 0 aromatic carbocycles. The number of hydrogen-bond donors (Lipinski definition) is 2. The van der Waals surface area contributed by atoms with Gasteiger partial charge in [-0.3, -0.25) is 4.98 Å². The average Bonchev–Trinajstić information content (AvgIpc) is 2.55. The second-order valence-electron chi connectivity index (χ2n) is 5.99. The number of allylic oxidation sites excluding steroid dienone is 2. The zero-order valence-electron chi connectivity index (χ0n) is 14.1. The molecule has 1 aliphatic heterocycles. The van der Waals surface area contributed by atoms with Crippen LogP contribution in [-0.2, 0) is 0 Å². The van der Waals surface area contributed by atoms with Crippen molar-refractivity contribution in [3.05, 3.63) is 48.1 Å². The summed E-state index contributed by atoms with van der Waals surface area (Å²) in [6.07, 6.45) is 10.6. The van der Waals surface area contributed by atoms with Gasteiger partial charge in [-0.15, -0.1) is 0 Å². The van der Waals surface area contributed by atoms with E-state index in [9.17, 15) is 0 Å². The Morgan fingerprint density at radius 2 is 1.91 bits per heavy atom. The van der Waals surface area contributed by atoms with Gasteiger partial charge >= 0.3 is 0 Å². The Morgan fingerprint density at radius 3 is 2.65 bits per heavy atom. The minimum absolute atomic E-state index is 0.438. The minimum atomic E-state index is 0.438. The maximum absolute atomic E-state index is 4.65. The molecule has 120 valence electrons. The summed E-state index contributed by atoms with van der Waals surface area (Å²) in [5, 5.41) is 8.92. The lowest BCUT2D eigenvalue weighted by molar-refractivity contribution is 0.620. The van der Waals surface area contributed by atoms with Crippen LogP contribution in [0.1, 0.15) is 39.3 Å². The molecule has 0 saturated carbocycles. The largest absolute Gasteiger partial charge is 0.384 e. The number of hydrogen-bond acceptors (Lipinski definition) is 4. The quantitative estimate of drug-likeness (QED) is 0.872. The Labute approximate surface area is 137 Å². The van der Waals surface area contributed by atoms with E-state index in [1.54, 1.807) is 0 Å². The molecule has 1 aliphatic rings. The van der Waals surface area contributed by atoms with Crippen molar-refractivity contribution in [1.82, 2.24) is 15.3 Å². The fraction of sp³-hybridized carbons (Fsp3) is 0.368. The van der Waals surface area contributed by atoms with Gasteiger partial charge < -0.3 is 10.6 Å². The molecule has 2 N–H and O–H groups in total. The molecule has 0 spiro atoms. The van der Waals surface area contributed by atoms with Crippen LogP contribution in [-0.4, -0.2) is 22.6 Å². The van der Waals surface area contributed by atoms with Crippen LogP contribution in [0.25, 0.3) is 16.3 Å². The molecule has 23 heavy (non-hydrogen) atoms. The van der Waals surface area contributed by atoms with Gasteiger partial charge in [-0.05, 0) is 38.0 Å². The lowest BCUT2D eigenvalue weighted by atomic mass is 9.97. The van der Waals surface area contributed by atoms with Gasteiger partial charge in [0, 0.05) is 47.5 Å². The van der Waals surface area contributed by atoms with E-state index in [2.05, 4.69) is 59.7 Å². The van der Waals surface area contributed by atoms with Crippen LogP contribution in [0.2, 0.25) is 0 Å². The minimum Gasteiger partial charge on any atom is -0.384 e. The van der Waals surface area contributed by atoms with Crippen LogP contribution < -0.4 is 10.6 Å². The van der Waals surface area contributed by atoms with Crippen LogP contribution >= 0.6 is 0 Å². The third-order valence-electron chi connectivity index (χ3n) is 4.15. The lowest BCUT2D eigenvalue weighted by Crippen LogP contribution is -2.25. The molecule has 3 heterocycles. The first-order chi connectivity index (χ1) is 11.2. The highest BCUT2D eigenvalue weighted by Crippen LogP contribution is 2.27. The Hall–Kier alpha value is -2.36. The highest BCUT2D eigenvalue weighted by Gasteiger charge is 2.14. The van der Waals surface area contributed by atoms with Crippen molar-refractivity contribution in [1.29, 1.82) is 0 Å². The van der Waals surface area contributed by atoms with E-state index in [0.29, 0.717) is 6.04 Å². The molecule has 2 aromatic heterocycles. The smallest absolute Gasteiger partial charge is 0.126 e. The summed E-state index contributed by atoms with van der Waals surface area (Å²) in [4.78, 5) is 9.10. The van der Waals surface area contributed by atoms with E-state index in [-0.39, 0.29) is 0 Å². The Kier molecular flexibility index (Phi) is 4.60. The third-order valence-corrected chi connectivity index (χ3v) is 4.15. The lowest BCUT2D eigenvalue weighted by Gasteiger charge is -2.21. The molecular weight excluding hydrogens is 284 g/mol. The van der Waals surface area contributed by atoms with E-state index in [4.69, 9.17) is 0 Å². The molecule has 0 saturated heterocycles. The van der Waals surface area contributed by atoms with Gasteiger partial charge in [0.15, 0.2) is 0 Å². The zero-order valence-corrected chi connectivity index (χ0v) is 14.1. The van der Waals surface area contributed by atoms with Crippen molar-refractivity contribution in [3.63, 3.8) is 0 Å². The number of pyridine rings is 2. The fourth-order valence-corrected chi connectivity index (χ4v) is 2.96. The number of anilines is 1. The van der Waals surface area contributed by atoms with Crippen molar-refractivity contribution < 1.29 is 0 Å². The molecule has 3 rings (SSSR count). The summed E-state index contributed by atoms with van der Waals surface area (Å²) < 4.78 is 0. The van der Waals surface area contributed by atoms with Crippen LogP contribution in [0.5, 0.6) is 0 Å². The van der Waals surface area contributed by atoms with E-state index in [0.717, 1.165) is 40.8 Å². The maximum atomic E-state index is 4.65. The number of nitrogens with zero attached hydrogens (tertiary/aromatic N) is 2. The van der Waals surface area contributed by atoms with Gasteiger partial charge in [-0.25, -0.2) is 4.98 Å². The van der Waals surface area contributed by atoms with Gasteiger partial charge in [-0.2, -0.15) is 0 Å². The summed E-state index contributed by atoms with van der Waals surface area (Å²) in [5.74, 6) is 0.895. The summed E-state index contributed by atoms with van der Waals surface area (Å²) in [7, 11) is 0.